The van der Waals surface area contributed by atoms with Gasteiger partial charge in [0, 0.05) is 19.6 Å². The lowest BCUT2D eigenvalue weighted by molar-refractivity contribution is -0.193. The molecule has 0 bridgehead atoms. The molecule has 3 nitrogen and oxygen atoms in total. The standard InChI is InChI=1S/C13H17F2NO2/c14-13(15)11(9-17)7-16(8-12(13)18)6-10-4-2-1-3-5-10/h1-5,11-12,17-18H,6-9H2/t11-,12+/m1/s1. The Balaban J connectivity index is 2.04. The van der Waals surface area contributed by atoms with Crippen molar-refractivity contribution < 1.29 is 19.0 Å². The fraction of sp³-hybridized carbons (Fsp3) is 0.538. The largest absolute Gasteiger partial charge is 0.396 e. The van der Waals surface area contributed by atoms with Crippen molar-refractivity contribution in [3.8, 4) is 0 Å². The topological polar surface area (TPSA) is 43.7 Å². The maximum absolute atomic E-state index is 13.5. The van der Waals surface area contributed by atoms with Crippen molar-refractivity contribution in [1.82, 2.24) is 4.90 Å². The Morgan fingerprint density at radius 3 is 2.50 bits per heavy atom. The molecule has 1 saturated heterocycles. The van der Waals surface area contributed by atoms with E-state index in [0.717, 1.165) is 5.56 Å². The summed E-state index contributed by atoms with van der Waals surface area (Å²) in [6, 6.07) is 9.47. The number of aliphatic hydroxyl groups is 2. The lowest BCUT2D eigenvalue weighted by atomic mass is 9.91. The summed E-state index contributed by atoms with van der Waals surface area (Å²) in [5.41, 5.74) is 1.01. The van der Waals surface area contributed by atoms with E-state index in [1.807, 2.05) is 30.3 Å². The molecule has 0 aliphatic carbocycles. The molecule has 1 heterocycles. The van der Waals surface area contributed by atoms with Crippen LogP contribution in [0.2, 0.25) is 0 Å². The zero-order valence-electron chi connectivity index (χ0n) is 9.97. The van der Waals surface area contributed by atoms with Gasteiger partial charge in [-0.1, -0.05) is 30.3 Å². The van der Waals surface area contributed by atoms with E-state index in [4.69, 9.17) is 5.11 Å². The third kappa shape index (κ3) is 2.68. The lowest BCUT2D eigenvalue weighted by Gasteiger charge is -2.40. The molecule has 2 rings (SSSR count). The Morgan fingerprint density at radius 2 is 1.89 bits per heavy atom. The van der Waals surface area contributed by atoms with Crippen LogP contribution in [-0.4, -0.2) is 46.8 Å². The maximum atomic E-state index is 13.5. The molecule has 0 unspecified atom stereocenters. The number of halogens is 2. The van der Waals surface area contributed by atoms with Crippen LogP contribution in [-0.2, 0) is 6.54 Å². The molecule has 0 amide bonds. The normalized spacial score (nSPS) is 28.2. The predicted molar refractivity (Wildman–Crippen MR) is 63.2 cm³/mol. The molecule has 1 aromatic carbocycles. The molecule has 5 heteroatoms. The monoisotopic (exact) mass is 257 g/mol. The van der Waals surface area contributed by atoms with Crippen molar-refractivity contribution in [3.05, 3.63) is 35.9 Å². The molecule has 1 aliphatic rings. The summed E-state index contributed by atoms with van der Waals surface area (Å²) in [7, 11) is 0. The maximum Gasteiger partial charge on any atom is 0.280 e. The van der Waals surface area contributed by atoms with Crippen molar-refractivity contribution in [2.45, 2.75) is 18.6 Å². The van der Waals surface area contributed by atoms with Gasteiger partial charge >= 0.3 is 0 Å². The Morgan fingerprint density at radius 1 is 1.22 bits per heavy atom. The average molecular weight is 257 g/mol. The van der Waals surface area contributed by atoms with Gasteiger partial charge in [-0.3, -0.25) is 4.90 Å². The molecular weight excluding hydrogens is 240 g/mol. The summed E-state index contributed by atoms with van der Waals surface area (Å²) >= 11 is 0. The second-order valence-electron chi connectivity index (χ2n) is 4.75. The number of β-amino-alcohol motifs (C(OH)–C–C–N with tert-alkyl or cyclic N) is 1. The van der Waals surface area contributed by atoms with E-state index in [0.29, 0.717) is 6.54 Å². The number of alkyl halides is 2. The van der Waals surface area contributed by atoms with Gasteiger partial charge in [-0.2, -0.15) is 0 Å². The van der Waals surface area contributed by atoms with Crippen LogP contribution in [0.3, 0.4) is 0 Å². The molecule has 0 saturated carbocycles. The third-order valence-electron chi connectivity index (χ3n) is 3.37. The van der Waals surface area contributed by atoms with Crippen molar-refractivity contribution in [3.63, 3.8) is 0 Å². The first kappa shape index (κ1) is 13.4. The smallest absolute Gasteiger partial charge is 0.280 e. The molecular formula is C13H17F2NO2. The zero-order chi connectivity index (χ0) is 13.2. The van der Waals surface area contributed by atoms with Gasteiger partial charge in [0.25, 0.3) is 5.92 Å². The highest BCUT2D eigenvalue weighted by molar-refractivity contribution is 5.14. The number of benzene rings is 1. The summed E-state index contributed by atoms with van der Waals surface area (Å²) < 4.78 is 27.1. The first-order chi connectivity index (χ1) is 8.54. The van der Waals surface area contributed by atoms with Crippen LogP contribution in [0, 0.1) is 5.92 Å². The Bertz CT molecular complexity index is 386. The minimum Gasteiger partial charge on any atom is -0.396 e. The average Bonchev–Trinajstić information content (AvgIpc) is 2.35. The van der Waals surface area contributed by atoms with Crippen LogP contribution >= 0.6 is 0 Å². The lowest BCUT2D eigenvalue weighted by Crippen LogP contribution is -2.57. The van der Waals surface area contributed by atoms with E-state index in [2.05, 4.69) is 0 Å². The number of nitrogens with zero attached hydrogens (tertiary/aromatic N) is 1. The van der Waals surface area contributed by atoms with Crippen LogP contribution < -0.4 is 0 Å². The number of likely N-dealkylation sites (tertiary alicyclic amines) is 1. The second kappa shape index (κ2) is 5.30. The summed E-state index contributed by atoms with van der Waals surface area (Å²) in [5, 5.41) is 18.5. The van der Waals surface area contributed by atoms with Crippen LogP contribution in [0.25, 0.3) is 0 Å². The fourth-order valence-corrected chi connectivity index (χ4v) is 2.30. The zero-order valence-corrected chi connectivity index (χ0v) is 9.97. The number of hydrogen-bond donors (Lipinski definition) is 2. The number of hydrogen-bond acceptors (Lipinski definition) is 3. The van der Waals surface area contributed by atoms with Gasteiger partial charge in [0.05, 0.1) is 12.5 Å². The SMILES string of the molecule is OC[C@H]1CN(Cc2ccccc2)C[C@H](O)C1(F)F. The van der Waals surface area contributed by atoms with Gasteiger partial charge in [-0.15, -0.1) is 0 Å². The van der Waals surface area contributed by atoms with Crippen molar-refractivity contribution in [2.24, 2.45) is 5.92 Å². The molecule has 18 heavy (non-hydrogen) atoms. The third-order valence-corrected chi connectivity index (χ3v) is 3.37. The van der Waals surface area contributed by atoms with Crippen molar-refractivity contribution in [2.75, 3.05) is 19.7 Å². The van der Waals surface area contributed by atoms with Gasteiger partial charge in [0.1, 0.15) is 6.10 Å². The second-order valence-corrected chi connectivity index (χ2v) is 4.75. The molecule has 1 fully saturated rings. The molecule has 2 atom stereocenters. The first-order valence-electron chi connectivity index (χ1n) is 5.97. The molecule has 2 N–H and O–H groups in total. The predicted octanol–water partition coefficient (Wildman–Crippen LogP) is 1.11. The van der Waals surface area contributed by atoms with Gasteiger partial charge < -0.3 is 10.2 Å². The van der Waals surface area contributed by atoms with Gasteiger partial charge in [0.15, 0.2) is 0 Å². The summed E-state index contributed by atoms with van der Waals surface area (Å²) in [6.45, 7) is -0.0896. The summed E-state index contributed by atoms with van der Waals surface area (Å²) in [6.07, 6.45) is -1.72. The minimum atomic E-state index is -3.21. The molecule has 1 aliphatic heterocycles. The molecule has 1 aromatic rings. The number of rotatable bonds is 3. The summed E-state index contributed by atoms with van der Waals surface area (Å²) in [4.78, 5) is 1.75. The quantitative estimate of drug-likeness (QED) is 0.852. The van der Waals surface area contributed by atoms with E-state index in [1.54, 1.807) is 4.90 Å². The first-order valence-corrected chi connectivity index (χ1v) is 5.97. The minimum absolute atomic E-state index is 0.0710. The van der Waals surface area contributed by atoms with Crippen molar-refractivity contribution in [1.29, 1.82) is 0 Å². The van der Waals surface area contributed by atoms with Gasteiger partial charge in [-0.05, 0) is 5.56 Å². The Labute approximate surface area is 105 Å². The van der Waals surface area contributed by atoms with E-state index < -0.39 is 24.6 Å². The highest BCUT2D eigenvalue weighted by atomic mass is 19.3. The van der Waals surface area contributed by atoms with E-state index >= 15 is 0 Å². The Kier molecular flexibility index (Phi) is 3.94. The molecule has 100 valence electrons. The summed E-state index contributed by atoms with van der Waals surface area (Å²) in [5.74, 6) is -4.41. The Hall–Kier alpha value is -1.04. The van der Waals surface area contributed by atoms with Gasteiger partial charge in [0.2, 0.25) is 0 Å². The highest BCUT2D eigenvalue weighted by Crippen LogP contribution is 2.33. The van der Waals surface area contributed by atoms with Crippen LogP contribution in [0.4, 0.5) is 8.78 Å². The molecule has 0 spiro atoms. The van der Waals surface area contributed by atoms with Crippen molar-refractivity contribution >= 4 is 0 Å². The van der Waals surface area contributed by atoms with E-state index in [-0.39, 0.29) is 13.1 Å². The molecule has 0 aromatic heterocycles. The molecule has 0 radical (unpaired) electrons. The van der Waals surface area contributed by atoms with E-state index in [1.165, 1.54) is 0 Å². The van der Waals surface area contributed by atoms with Crippen LogP contribution in [0.1, 0.15) is 5.56 Å². The number of piperidine rings is 1. The highest BCUT2D eigenvalue weighted by Gasteiger charge is 2.50. The van der Waals surface area contributed by atoms with Crippen LogP contribution in [0.15, 0.2) is 30.3 Å². The number of aliphatic hydroxyl groups excluding tert-OH is 2. The van der Waals surface area contributed by atoms with E-state index in [9.17, 15) is 13.9 Å². The van der Waals surface area contributed by atoms with Crippen LogP contribution in [0.5, 0.6) is 0 Å². The van der Waals surface area contributed by atoms with Gasteiger partial charge in [-0.25, -0.2) is 8.78 Å². The fourth-order valence-electron chi connectivity index (χ4n) is 2.30.